The molecule has 1 aliphatic heterocycles. The molecule has 1 saturated carbocycles. The molecule has 2 aliphatic rings. The van der Waals surface area contributed by atoms with Crippen LogP contribution in [0, 0.1) is 11.8 Å². The molecule has 3 unspecified atom stereocenters. The highest BCUT2D eigenvalue weighted by atomic mass is 16.1. The Kier molecular flexibility index (Phi) is 3.21. The maximum atomic E-state index is 12.3. The second kappa shape index (κ2) is 4.85. The number of rotatable bonds is 4. The van der Waals surface area contributed by atoms with Crippen molar-refractivity contribution in [1.29, 1.82) is 0 Å². The molecule has 2 nitrogen and oxygen atoms in total. The number of hydrogen-bond acceptors (Lipinski definition) is 2. The van der Waals surface area contributed by atoms with Gasteiger partial charge in [0.05, 0.1) is 0 Å². The van der Waals surface area contributed by atoms with Crippen LogP contribution in [0.4, 0.5) is 0 Å². The SMILES string of the molecule is CC(CN1CC2CCC1C2)C(=O)c1ccccc1. The van der Waals surface area contributed by atoms with E-state index in [0.29, 0.717) is 5.78 Å². The monoisotopic (exact) mass is 243 g/mol. The fourth-order valence-corrected chi connectivity index (χ4v) is 3.57. The molecule has 1 heterocycles. The van der Waals surface area contributed by atoms with Crippen molar-refractivity contribution in [2.24, 2.45) is 11.8 Å². The standard InChI is InChI=1S/C16H21NO/c1-12(16(18)14-5-3-2-4-6-14)10-17-11-13-7-8-15(17)9-13/h2-6,12-13,15H,7-11H2,1H3. The molecule has 18 heavy (non-hydrogen) atoms. The minimum atomic E-state index is 0.117. The van der Waals surface area contributed by atoms with Crippen LogP contribution in [0.1, 0.15) is 36.5 Å². The summed E-state index contributed by atoms with van der Waals surface area (Å²) in [6.07, 6.45) is 4.12. The van der Waals surface area contributed by atoms with Crippen LogP contribution in [-0.2, 0) is 0 Å². The van der Waals surface area contributed by atoms with Crippen LogP contribution in [-0.4, -0.2) is 29.8 Å². The summed E-state index contributed by atoms with van der Waals surface area (Å²) in [6, 6.07) is 10.5. The van der Waals surface area contributed by atoms with Crippen LogP contribution in [0.5, 0.6) is 0 Å². The first-order valence-corrected chi connectivity index (χ1v) is 7.07. The molecular weight excluding hydrogens is 222 g/mol. The smallest absolute Gasteiger partial charge is 0.166 e. The first-order valence-electron chi connectivity index (χ1n) is 7.07. The summed E-state index contributed by atoms with van der Waals surface area (Å²) in [6.45, 7) is 4.23. The van der Waals surface area contributed by atoms with Crippen LogP contribution >= 0.6 is 0 Å². The number of ketones is 1. The van der Waals surface area contributed by atoms with E-state index in [1.807, 2.05) is 30.3 Å². The molecule has 1 saturated heterocycles. The molecule has 0 amide bonds. The fourth-order valence-electron chi connectivity index (χ4n) is 3.57. The summed E-state index contributed by atoms with van der Waals surface area (Å²) in [7, 11) is 0. The molecule has 2 heteroatoms. The summed E-state index contributed by atoms with van der Waals surface area (Å²) in [5.41, 5.74) is 0.856. The highest BCUT2D eigenvalue weighted by Crippen LogP contribution is 2.37. The summed E-state index contributed by atoms with van der Waals surface area (Å²) in [5.74, 6) is 1.32. The third kappa shape index (κ3) is 2.22. The number of nitrogens with zero attached hydrogens (tertiary/aromatic N) is 1. The molecule has 2 bridgehead atoms. The second-order valence-corrected chi connectivity index (χ2v) is 5.92. The lowest BCUT2D eigenvalue weighted by Gasteiger charge is -2.28. The molecule has 0 N–H and O–H groups in total. The molecule has 2 fully saturated rings. The lowest BCUT2D eigenvalue weighted by Crippen LogP contribution is -2.37. The number of carbonyl (C=O) groups excluding carboxylic acids is 1. The van der Waals surface area contributed by atoms with E-state index in [2.05, 4.69) is 11.8 Å². The van der Waals surface area contributed by atoms with Gasteiger partial charge in [0.15, 0.2) is 5.78 Å². The van der Waals surface area contributed by atoms with Gasteiger partial charge in [0.25, 0.3) is 0 Å². The van der Waals surface area contributed by atoms with Crippen molar-refractivity contribution in [3.63, 3.8) is 0 Å². The van der Waals surface area contributed by atoms with Crippen molar-refractivity contribution in [3.8, 4) is 0 Å². The Morgan fingerprint density at radius 3 is 2.72 bits per heavy atom. The van der Waals surface area contributed by atoms with Crippen molar-refractivity contribution in [2.75, 3.05) is 13.1 Å². The largest absolute Gasteiger partial charge is 0.299 e. The summed E-state index contributed by atoms with van der Waals surface area (Å²) >= 11 is 0. The highest BCUT2D eigenvalue weighted by Gasteiger charge is 2.38. The molecular formula is C16H21NO. The topological polar surface area (TPSA) is 20.3 Å². The molecule has 0 radical (unpaired) electrons. The van der Waals surface area contributed by atoms with Crippen molar-refractivity contribution in [1.82, 2.24) is 4.90 Å². The Hall–Kier alpha value is -1.15. The third-order valence-corrected chi connectivity index (χ3v) is 4.54. The first-order chi connectivity index (χ1) is 8.74. The average molecular weight is 243 g/mol. The van der Waals surface area contributed by atoms with Gasteiger partial charge in [0.2, 0.25) is 0 Å². The Bertz CT molecular complexity index is 428. The van der Waals surface area contributed by atoms with Gasteiger partial charge >= 0.3 is 0 Å². The van der Waals surface area contributed by atoms with Gasteiger partial charge in [-0.2, -0.15) is 0 Å². The van der Waals surface area contributed by atoms with E-state index in [4.69, 9.17) is 0 Å². The molecule has 1 aromatic rings. The predicted molar refractivity (Wildman–Crippen MR) is 72.6 cm³/mol. The highest BCUT2D eigenvalue weighted by molar-refractivity contribution is 5.97. The maximum Gasteiger partial charge on any atom is 0.166 e. The molecule has 0 aromatic heterocycles. The quantitative estimate of drug-likeness (QED) is 0.758. The van der Waals surface area contributed by atoms with Gasteiger partial charge in [0.1, 0.15) is 0 Å². The Morgan fingerprint density at radius 1 is 1.33 bits per heavy atom. The van der Waals surface area contributed by atoms with Crippen LogP contribution in [0.2, 0.25) is 0 Å². The second-order valence-electron chi connectivity index (χ2n) is 5.92. The third-order valence-electron chi connectivity index (χ3n) is 4.54. The van der Waals surface area contributed by atoms with E-state index in [9.17, 15) is 4.79 Å². The number of likely N-dealkylation sites (tertiary alicyclic amines) is 1. The van der Waals surface area contributed by atoms with Gasteiger partial charge in [-0.15, -0.1) is 0 Å². The minimum absolute atomic E-state index is 0.117. The number of benzene rings is 1. The number of fused-ring (bicyclic) bond motifs is 2. The van der Waals surface area contributed by atoms with Gasteiger partial charge in [-0.3, -0.25) is 9.69 Å². The van der Waals surface area contributed by atoms with Gasteiger partial charge < -0.3 is 0 Å². The van der Waals surface area contributed by atoms with Crippen molar-refractivity contribution >= 4 is 5.78 Å². The fraction of sp³-hybridized carbons (Fsp3) is 0.562. The molecule has 1 aliphatic carbocycles. The summed E-state index contributed by atoms with van der Waals surface area (Å²) in [4.78, 5) is 14.9. The van der Waals surface area contributed by atoms with E-state index in [1.54, 1.807) is 0 Å². The normalized spacial score (nSPS) is 28.5. The molecule has 3 atom stereocenters. The Labute approximate surface area is 109 Å². The van der Waals surface area contributed by atoms with Crippen LogP contribution < -0.4 is 0 Å². The lowest BCUT2D eigenvalue weighted by molar-refractivity contribution is 0.0876. The Morgan fingerprint density at radius 2 is 2.11 bits per heavy atom. The zero-order valence-electron chi connectivity index (χ0n) is 11.0. The summed E-state index contributed by atoms with van der Waals surface area (Å²) in [5, 5.41) is 0. The van der Waals surface area contributed by atoms with Crippen molar-refractivity contribution in [2.45, 2.75) is 32.2 Å². The van der Waals surface area contributed by atoms with Gasteiger partial charge in [-0.25, -0.2) is 0 Å². The van der Waals surface area contributed by atoms with E-state index < -0.39 is 0 Å². The van der Waals surface area contributed by atoms with Crippen molar-refractivity contribution in [3.05, 3.63) is 35.9 Å². The molecule has 96 valence electrons. The zero-order valence-corrected chi connectivity index (χ0v) is 11.0. The zero-order chi connectivity index (χ0) is 12.5. The number of hydrogen-bond donors (Lipinski definition) is 0. The Balaban J connectivity index is 1.62. The minimum Gasteiger partial charge on any atom is -0.299 e. The molecule has 0 spiro atoms. The van der Waals surface area contributed by atoms with Crippen molar-refractivity contribution < 1.29 is 4.79 Å². The number of piperidine rings is 1. The molecule has 1 aromatic carbocycles. The van der Waals surface area contributed by atoms with Gasteiger partial charge in [-0.05, 0) is 25.2 Å². The predicted octanol–water partition coefficient (Wildman–Crippen LogP) is 2.99. The van der Waals surface area contributed by atoms with Crippen LogP contribution in [0.15, 0.2) is 30.3 Å². The van der Waals surface area contributed by atoms with E-state index in [0.717, 1.165) is 24.1 Å². The van der Waals surface area contributed by atoms with Crippen LogP contribution in [0.3, 0.4) is 0 Å². The molecule has 3 rings (SSSR count). The first kappa shape index (κ1) is 11.9. The average Bonchev–Trinajstić information content (AvgIpc) is 3.01. The van der Waals surface area contributed by atoms with E-state index >= 15 is 0 Å². The lowest BCUT2D eigenvalue weighted by atomic mass is 9.98. The van der Waals surface area contributed by atoms with Gasteiger partial charge in [-0.1, -0.05) is 37.3 Å². The van der Waals surface area contributed by atoms with E-state index in [-0.39, 0.29) is 5.92 Å². The van der Waals surface area contributed by atoms with Gasteiger partial charge in [0, 0.05) is 30.6 Å². The number of carbonyl (C=O) groups is 1. The van der Waals surface area contributed by atoms with E-state index in [1.165, 1.54) is 25.8 Å². The van der Waals surface area contributed by atoms with Crippen LogP contribution in [0.25, 0.3) is 0 Å². The number of Topliss-reactive ketones (excluding diaryl/α,β-unsaturated/α-hetero) is 1. The summed E-state index contributed by atoms with van der Waals surface area (Å²) < 4.78 is 0. The maximum absolute atomic E-state index is 12.3.